The molecule has 0 aliphatic heterocycles. The fourth-order valence-corrected chi connectivity index (χ4v) is 6.10. The lowest BCUT2D eigenvalue weighted by Crippen LogP contribution is -2.62. The third-order valence-electron chi connectivity index (χ3n) is 8.57. The van der Waals surface area contributed by atoms with Crippen LogP contribution in [0.4, 0.5) is 5.69 Å². The van der Waals surface area contributed by atoms with Gasteiger partial charge in [0.1, 0.15) is 23.9 Å². The maximum absolute atomic E-state index is 13.8. The lowest BCUT2D eigenvalue weighted by atomic mass is 9.93. The standard InChI is InChI=1S/C35H40N4O6/c36-34(44)35(20-25-6-4-5-7-26(25)21-35)39-33(43)30(38-31(41)19-24-12-16-28(40)17-13-24)18-23-10-14-27(15-11-23)37-32(42)22-45-29-8-2-1-3-9-29/h4-7,10-17,29-30,40H,1-3,8-9,18-22H2,(H2,36,44)(H,37,42)(H,38,41)(H,39,43)/t30-/m0/s1. The Labute approximate surface area is 262 Å². The van der Waals surface area contributed by atoms with Crippen molar-refractivity contribution >= 4 is 29.3 Å². The first-order valence-electron chi connectivity index (χ1n) is 15.5. The number of fused-ring (bicyclic) bond motifs is 1. The summed E-state index contributed by atoms with van der Waals surface area (Å²) in [6.45, 7) is -0.00674. The fourth-order valence-electron chi connectivity index (χ4n) is 6.10. The van der Waals surface area contributed by atoms with Gasteiger partial charge in [-0.2, -0.15) is 0 Å². The molecule has 0 unspecified atom stereocenters. The molecule has 5 rings (SSSR count). The molecule has 3 aromatic carbocycles. The summed E-state index contributed by atoms with van der Waals surface area (Å²) in [7, 11) is 0. The second-order valence-corrected chi connectivity index (χ2v) is 12.0. The van der Waals surface area contributed by atoms with E-state index < -0.39 is 29.3 Å². The number of phenolic OH excluding ortho intramolecular Hbond substituents is 1. The Balaban J connectivity index is 1.26. The van der Waals surface area contributed by atoms with Crippen LogP contribution in [0.15, 0.2) is 72.8 Å². The first-order valence-corrected chi connectivity index (χ1v) is 15.5. The number of phenols is 1. The van der Waals surface area contributed by atoms with E-state index >= 15 is 0 Å². The van der Waals surface area contributed by atoms with Crippen molar-refractivity contribution in [1.82, 2.24) is 10.6 Å². The van der Waals surface area contributed by atoms with Gasteiger partial charge in [0.15, 0.2) is 0 Å². The van der Waals surface area contributed by atoms with Crippen molar-refractivity contribution in [2.75, 3.05) is 11.9 Å². The van der Waals surface area contributed by atoms with Crippen LogP contribution in [0.2, 0.25) is 0 Å². The van der Waals surface area contributed by atoms with Crippen molar-refractivity contribution in [3.63, 3.8) is 0 Å². The van der Waals surface area contributed by atoms with Gasteiger partial charge >= 0.3 is 0 Å². The van der Waals surface area contributed by atoms with Crippen molar-refractivity contribution in [2.24, 2.45) is 5.73 Å². The number of benzene rings is 3. The quantitative estimate of drug-likeness (QED) is 0.211. The molecule has 0 bridgehead atoms. The Morgan fingerprint density at radius 3 is 2.09 bits per heavy atom. The molecule has 2 aliphatic carbocycles. The molecule has 4 amide bonds. The van der Waals surface area contributed by atoms with Crippen molar-refractivity contribution in [3.8, 4) is 5.75 Å². The lowest BCUT2D eigenvalue weighted by Gasteiger charge is -2.29. The van der Waals surface area contributed by atoms with Crippen LogP contribution in [-0.2, 0) is 49.6 Å². The number of amides is 4. The molecular formula is C35H40N4O6. The third-order valence-corrected chi connectivity index (χ3v) is 8.57. The topological polar surface area (TPSA) is 160 Å². The van der Waals surface area contributed by atoms with Crippen LogP contribution in [-0.4, -0.2) is 53.0 Å². The van der Waals surface area contributed by atoms with Gasteiger partial charge in [-0.3, -0.25) is 19.2 Å². The summed E-state index contributed by atoms with van der Waals surface area (Å²) in [6, 6.07) is 19.8. The minimum Gasteiger partial charge on any atom is -0.508 e. The predicted molar refractivity (Wildman–Crippen MR) is 169 cm³/mol. The number of hydrogen-bond donors (Lipinski definition) is 5. The molecule has 10 heteroatoms. The number of anilines is 1. The minimum absolute atomic E-state index is 0.00674. The van der Waals surface area contributed by atoms with Crippen LogP contribution in [0.25, 0.3) is 0 Å². The van der Waals surface area contributed by atoms with Crippen LogP contribution in [0.5, 0.6) is 5.75 Å². The van der Waals surface area contributed by atoms with E-state index in [9.17, 15) is 24.3 Å². The zero-order chi connectivity index (χ0) is 31.8. The van der Waals surface area contributed by atoms with E-state index in [0.717, 1.165) is 42.4 Å². The summed E-state index contributed by atoms with van der Waals surface area (Å²) in [5, 5.41) is 18.1. The van der Waals surface area contributed by atoms with E-state index in [1.165, 1.54) is 18.6 Å². The van der Waals surface area contributed by atoms with Crippen LogP contribution >= 0.6 is 0 Å². The van der Waals surface area contributed by atoms with Gasteiger partial charge < -0.3 is 31.5 Å². The second kappa shape index (κ2) is 14.4. The van der Waals surface area contributed by atoms with Gasteiger partial charge in [-0.1, -0.05) is 67.8 Å². The van der Waals surface area contributed by atoms with E-state index in [1.54, 1.807) is 36.4 Å². The van der Waals surface area contributed by atoms with Crippen LogP contribution in [0.1, 0.15) is 54.4 Å². The van der Waals surface area contributed by atoms with Crippen molar-refractivity contribution < 1.29 is 29.0 Å². The van der Waals surface area contributed by atoms with E-state index in [4.69, 9.17) is 10.5 Å². The molecule has 0 heterocycles. The Morgan fingerprint density at radius 2 is 1.47 bits per heavy atom. The average Bonchev–Trinajstić information content (AvgIpc) is 3.42. The fraction of sp³-hybridized carbons (Fsp3) is 0.371. The summed E-state index contributed by atoms with van der Waals surface area (Å²) >= 11 is 0. The van der Waals surface area contributed by atoms with Gasteiger partial charge in [-0.25, -0.2) is 0 Å². The number of carbonyl (C=O) groups excluding carboxylic acids is 4. The number of aromatic hydroxyl groups is 1. The van der Waals surface area contributed by atoms with Crippen molar-refractivity contribution in [1.29, 1.82) is 0 Å². The minimum atomic E-state index is -1.31. The average molecular weight is 613 g/mol. The van der Waals surface area contributed by atoms with Crippen LogP contribution < -0.4 is 21.7 Å². The second-order valence-electron chi connectivity index (χ2n) is 12.0. The van der Waals surface area contributed by atoms with E-state index in [-0.39, 0.29) is 50.1 Å². The summed E-state index contributed by atoms with van der Waals surface area (Å²) in [4.78, 5) is 52.0. The molecule has 1 fully saturated rings. The molecule has 0 aromatic heterocycles. The molecule has 2 aliphatic rings. The Morgan fingerprint density at radius 1 is 0.844 bits per heavy atom. The van der Waals surface area contributed by atoms with E-state index in [1.807, 2.05) is 24.3 Å². The van der Waals surface area contributed by atoms with Crippen LogP contribution in [0, 0.1) is 0 Å². The summed E-state index contributed by atoms with van der Waals surface area (Å²) in [5.41, 5.74) is 8.39. The Hall–Kier alpha value is -4.70. The summed E-state index contributed by atoms with van der Waals surface area (Å²) in [6.07, 6.45) is 6.20. The zero-order valence-corrected chi connectivity index (χ0v) is 25.2. The van der Waals surface area contributed by atoms with Gasteiger partial charge in [0.05, 0.1) is 12.5 Å². The van der Waals surface area contributed by atoms with Gasteiger partial charge in [0.25, 0.3) is 0 Å². The number of ether oxygens (including phenoxy) is 1. The maximum atomic E-state index is 13.8. The van der Waals surface area contributed by atoms with Crippen LogP contribution in [0.3, 0.4) is 0 Å². The molecule has 45 heavy (non-hydrogen) atoms. The zero-order valence-electron chi connectivity index (χ0n) is 25.2. The number of rotatable bonds is 12. The van der Waals surface area contributed by atoms with E-state index in [0.29, 0.717) is 11.3 Å². The van der Waals surface area contributed by atoms with Gasteiger partial charge in [0, 0.05) is 24.9 Å². The van der Waals surface area contributed by atoms with E-state index in [2.05, 4.69) is 16.0 Å². The molecule has 3 aromatic rings. The Kier molecular flexibility index (Phi) is 10.1. The molecule has 10 nitrogen and oxygen atoms in total. The van der Waals surface area contributed by atoms with Gasteiger partial charge in [-0.05, 0) is 59.4 Å². The number of primary amides is 1. The smallest absolute Gasteiger partial charge is 0.250 e. The highest BCUT2D eigenvalue weighted by Gasteiger charge is 2.44. The maximum Gasteiger partial charge on any atom is 0.250 e. The van der Waals surface area contributed by atoms with Gasteiger partial charge in [-0.15, -0.1) is 0 Å². The highest BCUT2D eigenvalue weighted by Crippen LogP contribution is 2.30. The first kappa shape index (κ1) is 31.7. The highest BCUT2D eigenvalue weighted by atomic mass is 16.5. The largest absolute Gasteiger partial charge is 0.508 e. The summed E-state index contributed by atoms with van der Waals surface area (Å²) in [5.74, 6) is -1.72. The molecule has 236 valence electrons. The SMILES string of the molecule is NC(=O)C1(NC(=O)[C@H](Cc2ccc(NC(=O)COC3CCCCC3)cc2)NC(=O)Cc2ccc(O)cc2)Cc2ccccc2C1. The summed E-state index contributed by atoms with van der Waals surface area (Å²) < 4.78 is 5.76. The van der Waals surface area contributed by atoms with Crippen molar-refractivity contribution in [3.05, 3.63) is 95.1 Å². The predicted octanol–water partition coefficient (Wildman–Crippen LogP) is 3.09. The number of nitrogens with one attached hydrogen (secondary N) is 3. The molecular weight excluding hydrogens is 572 g/mol. The van der Waals surface area contributed by atoms with Crippen molar-refractivity contribution in [2.45, 2.75) is 75.5 Å². The number of hydrogen-bond acceptors (Lipinski definition) is 6. The monoisotopic (exact) mass is 612 g/mol. The Bertz CT molecular complexity index is 1490. The lowest BCUT2D eigenvalue weighted by molar-refractivity contribution is -0.134. The number of nitrogens with two attached hydrogens (primary N) is 1. The first-order chi connectivity index (χ1) is 21.7. The normalized spacial score (nSPS) is 16.3. The number of carbonyl (C=O) groups is 4. The molecule has 1 saturated carbocycles. The van der Waals surface area contributed by atoms with Gasteiger partial charge in [0.2, 0.25) is 23.6 Å². The molecule has 1 atom stereocenters. The molecule has 6 N–H and O–H groups in total. The highest BCUT2D eigenvalue weighted by molar-refractivity contribution is 5.95. The third kappa shape index (κ3) is 8.48. The molecule has 0 saturated heterocycles. The molecule has 0 spiro atoms. The molecule has 0 radical (unpaired) electrons.